The molecule has 15 heavy (non-hydrogen) atoms. The highest BCUT2D eigenvalue weighted by molar-refractivity contribution is 9.11. The Bertz CT molecular complexity index is 357. The fourth-order valence-corrected chi connectivity index (χ4v) is 2.09. The van der Waals surface area contributed by atoms with E-state index < -0.39 is 0 Å². The molecule has 0 aliphatic carbocycles. The first-order valence-corrected chi connectivity index (χ1v) is 5.97. The van der Waals surface area contributed by atoms with Crippen LogP contribution in [-0.2, 0) is 4.79 Å². The van der Waals surface area contributed by atoms with Gasteiger partial charge < -0.3 is 10.6 Å². The number of hydrogen-bond donors (Lipinski definition) is 2. The summed E-state index contributed by atoms with van der Waals surface area (Å²) in [5.41, 5.74) is 0. The van der Waals surface area contributed by atoms with Crippen molar-refractivity contribution in [3.05, 3.63) is 21.2 Å². The Labute approximate surface area is 105 Å². The second-order valence-corrected chi connectivity index (χ2v) is 4.60. The number of nitrogens with zero attached hydrogens (tertiary/aromatic N) is 1. The lowest BCUT2D eigenvalue weighted by molar-refractivity contribution is -0.120. The zero-order chi connectivity index (χ0) is 11.3. The number of hydrogen-bond acceptors (Lipinski definition) is 3. The zero-order valence-electron chi connectivity index (χ0n) is 8.18. The van der Waals surface area contributed by atoms with Gasteiger partial charge in [0.2, 0.25) is 5.91 Å². The van der Waals surface area contributed by atoms with Crippen LogP contribution in [0.1, 0.15) is 6.42 Å². The number of amides is 1. The van der Waals surface area contributed by atoms with Gasteiger partial charge in [-0.3, -0.25) is 4.79 Å². The average molecular weight is 337 g/mol. The first-order valence-electron chi connectivity index (χ1n) is 4.39. The van der Waals surface area contributed by atoms with Crippen molar-refractivity contribution in [3.63, 3.8) is 0 Å². The van der Waals surface area contributed by atoms with Crippen molar-refractivity contribution in [2.45, 2.75) is 6.42 Å². The molecule has 4 nitrogen and oxygen atoms in total. The van der Waals surface area contributed by atoms with E-state index in [9.17, 15) is 4.79 Å². The molecule has 82 valence electrons. The maximum absolute atomic E-state index is 11.0. The van der Waals surface area contributed by atoms with Crippen LogP contribution in [0.25, 0.3) is 0 Å². The molecule has 0 aliphatic rings. The highest BCUT2D eigenvalue weighted by Gasteiger charge is 2.02. The summed E-state index contributed by atoms with van der Waals surface area (Å²) in [7, 11) is 1.62. The van der Waals surface area contributed by atoms with E-state index in [0.29, 0.717) is 13.0 Å². The maximum atomic E-state index is 11.0. The molecule has 0 aromatic carbocycles. The van der Waals surface area contributed by atoms with Crippen molar-refractivity contribution >= 4 is 43.6 Å². The van der Waals surface area contributed by atoms with Gasteiger partial charge in [0.05, 0.1) is 4.47 Å². The molecule has 6 heteroatoms. The molecule has 1 heterocycles. The highest BCUT2D eigenvalue weighted by Crippen LogP contribution is 2.23. The van der Waals surface area contributed by atoms with E-state index in [-0.39, 0.29) is 5.91 Å². The van der Waals surface area contributed by atoms with Crippen LogP contribution in [0, 0.1) is 0 Å². The summed E-state index contributed by atoms with van der Waals surface area (Å²) in [5, 5.41) is 5.62. The van der Waals surface area contributed by atoms with Crippen LogP contribution in [0.5, 0.6) is 0 Å². The third kappa shape index (κ3) is 4.17. The third-order valence-electron chi connectivity index (χ3n) is 1.73. The van der Waals surface area contributed by atoms with Gasteiger partial charge in [-0.2, -0.15) is 0 Å². The molecule has 0 spiro atoms. The van der Waals surface area contributed by atoms with Gasteiger partial charge in [-0.15, -0.1) is 0 Å². The molecule has 1 rings (SSSR count). The molecule has 0 atom stereocenters. The minimum atomic E-state index is 0.00994. The van der Waals surface area contributed by atoms with E-state index in [0.717, 1.165) is 14.8 Å². The minimum Gasteiger partial charge on any atom is -0.369 e. The van der Waals surface area contributed by atoms with Crippen molar-refractivity contribution in [1.82, 2.24) is 10.3 Å². The average Bonchev–Trinajstić information content (AvgIpc) is 2.21. The van der Waals surface area contributed by atoms with Crippen molar-refractivity contribution < 1.29 is 4.79 Å². The Morgan fingerprint density at radius 3 is 2.87 bits per heavy atom. The monoisotopic (exact) mass is 335 g/mol. The van der Waals surface area contributed by atoms with Crippen LogP contribution in [-0.4, -0.2) is 24.5 Å². The molecule has 1 aromatic rings. The van der Waals surface area contributed by atoms with Crippen LogP contribution in [0.3, 0.4) is 0 Å². The first-order chi connectivity index (χ1) is 7.13. The van der Waals surface area contributed by atoms with Gasteiger partial charge in [0, 0.05) is 30.7 Å². The Balaban J connectivity index is 2.47. The predicted octanol–water partition coefficient (Wildman–Crippen LogP) is 2.15. The normalized spacial score (nSPS) is 9.80. The molecule has 0 saturated carbocycles. The van der Waals surface area contributed by atoms with Crippen molar-refractivity contribution in [2.75, 3.05) is 18.9 Å². The second-order valence-electron chi connectivity index (χ2n) is 2.83. The SMILES string of the molecule is CNC(=O)CCNc1ncc(Br)cc1Br. The number of carbonyl (C=O) groups excluding carboxylic acids is 1. The third-order valence-corrected chi connectivity index (χ3v) is 2.77. The molecular weight excluding hydrogens is 326 g/mol. The molecular formula is C9H11Br2N3O. The smallest absolute Gasteiger partial charge is 0.221 e. The van der Waals surface area contributed by atoms with Gasteiger partial charge in [0.1, 0.15) is 5.82 Å². The van der Waals surface area contributed by atoms with E-state index in [2.05, 4.69) is 47.5 Å². The Morgan fingerprint density at radius 1 is 1.53 bits per heavy atom. The minimum absolute atomic E-state index is 0.00994. The van der Waals surface area contributed by atoms with Crippen molar-refractivity contribution in [2.24, 2.45) is 0 Å². The molecule has 1 amide bonds. The van der Waals surface area contributed by atoms with Gasteiger partial charge in [0.25, 0.3) is 0 Å². The molecule has 0 unspecified atom stereocenters. The van der Waals surface area contributed by atoms with Crippen LogP contribution < -0.4 is 10.6 Å². The quantitative estimate of drug-likeness (QED) is 0.885. The molecule has 1 aromatic heterocycles. The number of carbonyl (C=O) groups is 1. The highest BCUT2D eigenvalue weighted by atomic mass is 79.9. The van der Waals surface area contributed by atoms with Gasteiger partial charge in [0.15, 0.2) is 0 Å². The summed E-state index contributed by atoms with van der Waals surface area (Å²) in [5.74, 6) is 0.748. The fraction of sp³-hybridized carbons (Fsp3) is 0.333. The topological polar surface area (TPSA) is 54.0 Å². The van der Waals surface area contributed by atoms with E-state index in [1.54, 1.807) is 13.2 Å². The van der Waals surface area contributed by atoms with Gasteiger partial charge in [-0.1, -0.05) is 0 Å². The van der Waals surface area contributed by atoms with Crippen LogP contribution >= 0.6 is 31.9 Å². The number of halogens is 2. The molecule has 0 aliphatic heterocycles. The Hall–Kier alpha value is -0.620. The lowest BCUT2D eigenvalue weighted by atomic mass is 10.4. The van der Waals surface area contributed by atoms with Crippen molar-refractivity contribution in [3.8, 4) is 0 Å². The molecule has 0 fully saturated rings. The standard InChI is InChI=1S/C9H11Br2N3O/c1-12-8(15)2-3-13-9-7(11)4-6(10)5-14-9/h4-5H,2-3H2,1H3,(H,12,15)(H,13,14). The van der Waals surface area contributed by atoms with E-state index >= 15 is 0 Å². The summed E-state index contributed by atoms with van der Waals surface area (Å²) in [6.07, 6.45) is 2.13. The number of pyridine rings is 1. The summed E-state index contributed by atoms with van der Waals surface area (Å²) in [6, 6.07) is 1.90. The summed E-state index contributed by atoms with van der Waals surface area (Å²) in [6.45, 7) is 0.562. The van der Waals surface area contributed by atoms with Crippen molar-refractivity contribution in [1.29, 1.82) is 0 Å². The fourth-order valence-electron chi connectivity index (χ4n) is 0.964. The number of rotatable bonds is 4. The number of aromatic nitrogens is 1. The first kappa shape index (κ1) is 12.4. The Morgan fingerprint density at radius 2 is 2.27 bits per heavy atom. The zero-order valence-corrected chi connectivity index (χ0v) is 11.4. The Kier molecular flexibility index (Phi) is 5.04. The van der Waals surface area contributed by atoms with Crippen LogP contribution in [0.15, 0.2) is 21.2 Å². The molecule has 0 radical (unpaired) electrons. The summed E-state index contributed by atoms with van der Waals surface area (Å²) >= 11 is 6.69. The molecule has 0 saturated heterocycles. The van der Waals surface area contributed by atoms with E-state index in [4.69, 9.17) is 0 Å². The lowest BCUT2D eigenvalue weighted by Crippen LogP contribution is -2.21. The summed E-state index contributed by atoms with van der Waals surface area (Å²) < 4.78 is 1.78. The van der Waals surface area contributed by atoms with E-state index in [1.807, 2.05) is 6.07 Å². The number of anilines is 1. The number of nitrogens with one attached hydrogen (secondary N) is 2. The van der Waals surface area contributed by atoms with Crippen LogP contribution in [0.2, 0.25) is 0 Å². The van der Waals surface area contributed by atoms with Gasteiger partial charge in [-0.25, -0.2) is 4.98 Å². The maximum Gasteiger partial charge on any atom is 0.221 e. The van der Waals surface area contributed by atoms with E-state index in [1.165, 1.54) is 0 Å². The van der Waals surface area contributed by atoms with Gasteiger partial charge >= 0.3 is 0 Å². The second kappa shape index (κ2) is 6.07. The van der Waals surface area contributed by atoms with Gasteiger partial charge in [-0.05, 0) is 37.9 Å². The largest absolute Gasteiger partial charge is 0.369 e. The van der Waals surface area contributed by atoms with Crippen LogP contribution in [0.4, 0.5) is 5.82 Å². The lowest BCUT2D eigenvalue weighted by Gasteiger charge is -2.06. The molecule has 0 bridgehead atoms. The summed E-state index contributed by atoms with van der Waals surface area (Å²) in [4.78, 5) is 15.1. The predicted molar refractivity (Wildman–Crippen MR) is 66.8 cm³/mol. The molecule has 2 N–H and O–H groups in total.